The van der Waals surface area contributed by atoms with Gasteiger partial charge in [-0.25, -0.2) is 4.90 Å². The molecule has 4 nitrogen and oxygen atoms in total. The predicted molar refractivity (Wildman–Crippen MR) is 91.3 cm³/mol. The molecule has 2 heterocycles. The van der Waals surface area contributed by atoms with Gasteiger partial charge in [-0.05, 0) is 49.8 Å². The van der Waals surface area contributed by atoms with Gasteiger partial charge in [0, 0.05) is 13.1 Å². The molecule has 1 fully saturated rings. The van der Waals surface area contributed by atoms with Crippen molar-refractivity contribution in [3.05, 3.63) is 40.1 Å². The number of hydrogen-bond donors (Lipinski definition) is 0. The molecule has 1 aromatic carbocycles. The first-order valence-corrected chi connectivity index (χ1v) is 8.38. The van der Waals surface area contributed by atoms with Crippen molar-refractivity contribution in [2.75, 3.05) is 18.0 Å². The van der Waals surface area contributed by atoms with Crippen LogP contribution >= 0.6 is 11.6 Å². The molecular formula is C18H21ClN2O2. The van der Waals surface area contributed by atoms with E-state index in [1.807, 2.05) is 36.9 Å². The van der Waals surface area contributed by atoms with Crippen molar-refractivity contribution in [2.45, 2.75) is 33.6 Å². The highest BCUT2D eigenvalue weighted by Gasteiger charge is 2.42. The summed E-state index contributed by atoms with van der Waals surface area (Å²) in [6.07, 6.45) is 2.16. The van der Waals surface area contributed by atoms with Crippen LogP contribution in [0.2, 0.25) is 0 Å². The Balaban J connectivity index is 1.97. The zero-order valence-electron chi connectivity index (χ0n) is 13.7. The van der Waals surface area contributed by atoms with Crippen LogP contribution in [0.25, 0.3) is 0 Å². The van der Waals surface area contributed by atoms with Gasteiger partial charge in [-0.1, -0.05) is 30.7 Å². The fourth-order valence-electron chi connectivity index (χ4n) is 3.34. The van der Waals surface area contributed by atoms with Gasteiger partial charge in [0.25, 0.3) is 11.8 Å². The number of amides is 2. The van der Waals surface area contributed by atoms with Gasteiger partial charge >= 0.3 is 0 Å². The van der Waals surface area contributed by atoms with Crippen LogP contribution in [0.5, 0.6) is 0 Å². The van der Waals surface area contributed by atoms with Gasteiger partial charge in [0.05, 0.1) is 5.69 Å². The lowest BCUT2D eigenvalue weighted by molar-refractivity contribution is -0.121. The minimum atomic E-state index is -0.418. The van der Waals surface area contributed by atoms with Gasteiger partial charge in [0.15, 0.2) is 0 Å². The number of imide groups is 1. The molecule has 1 unspecified atom stereocenters. The van der Waals surface area contributed by atoms with Gasteiger partial charge in [-0.15, -0.1) is 0 Å². The normalized spacial score (nSPS) is 22.3. The molecule has 5 heteroatoms. The quantitative estimate of drug-likeness (QED) is 0.780. The fourth-order valence-corrected chi connectivity index (χ4v) is 3.62. The van der Waals surface area contributed by atoms with Crippen molar-refractivity contribution in [3.8, 4) is 0 Å². The number of carbonyl (C=O) groups excluding carboxylic acids is 2. The summed E-state index contributed by atoms with van der Waals surface area (Å²) < 4.78 is 0. The third kappa shape index (κ3) is 2.76. The largest absolute Gasteiger partial charge is 0.365 e. The third-order valence-electron chi connectivity index (χ3n) is 4.58. The number of benzene rings is 1. The summed E-state index contributed by atoms with van der Waals surface area (Å²) in [4.78, 5) is 28.7. The Hall–Kier alpha value is -1.81. The summed E-state index contributed by atoms with van der Waals surface area (Å²) in [5, 5.41) is 0.0463. The molecule has 0 aliphatic carbocycles. The van der Waals surface area contributed by atoms with Gasteiger partial charge in [-0.2, -0.15) is 0 Å². The molecule has 0 spiro atoms. The Bertz CT molecular complexity index is 711. The lowest BCUT2D eigenvalue weighted by Crippen LogP contribution is -2.39. The minimum absolute atomic E-state index is 0.0463. The predicted octanol–water partition coefficient (Wildman–Crippen LogP) is 3.36. The summed E-state index contributed by atoms with van der Waals surface area (Å²) >= 11 is 6.27. The molecule has 0 aromatic heterocycles. The Morgan fingerprint density at radius 2 is 1.91 bits per heavy atom. The Kier molecular flexibility index (Phi) is 4.19. The van der Waals surface area contributed by atoms with E-state index in [9.17, 15) is 9.59 Å². The van der Waals surface area contributed by atoms with E-state index < -0.39 is 5.91 Å². The highest BCUT2D eigenvalue weighted by Crippen LogP contribution is 2.34. The van der Waals surface area contributed by atoms with Crippen LogP contribution in [-0.4, -0.2) is 29.8 Å². The summed E-state index contributed by atoms with van der Waals surface area (Å²) in [6.45, 7) is 7.53. The van der Waals surface area contributed by atoms with Crippen LogP contribution in [0, 0.1) is 19.8 Å². The molecule has 23 heavy (non-hydrogen) atoms. The molecule has 1 aromatic rings. The van der Waals surface area contributed by atoms with E-state index >= 15 is 0 Å². The van der Waals surface area contributed by atoms with Gasteiger partial charge in [-0.3, -0.25) is 9.59 Å². The van der Waals surface area contributed by atoms with E-state index in [-0.39, 0.29) is 10.9 Å². The standard InChI is InChI=1S/C18H21ClN2O2/c1-11-6-7-13(3)14(9-11)21-17(22)15(19)16(18(21)23)20-8-4-5-12(2)10-20/h6-7,9,12H,4-5,8,10H2,1-3H3. The van der Waals surface area contributed by atoms with Crippen LogP contribution in [0.15, 0.2) is 28.9 Å². The van der Waals surface area contributed by atoms with E-state index in [4.69, 9.17) is 11.6 Å². The minimum Gasteiger partial charge on any atom is -0.365 e. The Morgan fingerprint density at radius 1 is 1.17 bits per heavy atom. The second-order valence-corrected chi connectivity index (χ2v) is 6.97. The molecule has 0 N–H and O–H groups in total. The van der Waals surface area contributed by atoms with E-state index in [0.717, 1.165) is 37.1 Å². The molecule has 0 bridgehead atoms. The first-order valence-electron chi connectivity index (χ1n) is 8.01. The van der Waals surface area contributed by atoms with Crippen molar-refractivity contribution < 1.29 is 9.59 Å². The average Bonchev–Trinajstić information content (AvgIpc) is 2.72. The third-order valence-corrected chi connectivity index (χ3v) is 4.92. The zero-order valence-corrected chi connectivity index (χ0v) is 14.5. The maximum absolute atomic E-state index is 12.9. The molecule has 2 aliphatic heterocycles. The Labute approximate surface area is 141 Å². The number of hydrogen-bond acceptors (Lipinski definition) is 3. The van der Waals surface area contributed by atoms with E-state index in [1.165, 1.54) is 4.90 Å². The van der Waals surface area contributed by atoms with Crippen LogP contribution in [0.4, 0.5) is 5.69 Å². The van der Waals surface area contributed by atoms with Crippen LogP contribution < -0.4 is 4.90 Å². The number of nitrogens with zero attached hydrogens (tertiary/aromatic N) is 2. The maximum Gasteiger partial charge on any atom is 0.283 e. The van der Waals surface area contributed by atoms with Crippen molar-refractivity contribution in [1.82, 2.24) is 4.90 Å². The Morgan fingerprint density at radius 3 is 2.61 bits per heavy atom. The number of likely N-dealkylation sites (tertiary alicyclic amines) is 1. The number of rotatable bonds is 2. The molecule has 2 amide bonds. The number of halogens is 1. The number of piperidine rings is 1. The zero-order chi connectivity index (χ0) is 16.7. The molecule has 0 radical (unpaired) electrons. The average molecular weight is 333 g/mol. The number of carbonyl (C=O) groups is 2. The maximum atomic E-state index is 12.9. The number of anilines is 1. The van der Waals surface area contributed by atoms with Gasteiger partial charge < -0.3 is 4.90 Å². The molecular weight excluding hydrogens is 312 g/mol. The van der Waals surface area contributed by atoms with Crippen molar-refractivity contribution in [1.29, 1.82) is 0 Å². The molecule has 1 saturated heterocycles. The second-order valence-electron chi connectivity index (χ2n) is 6.59. The molecule has 2 aliphatic rings. The molecule has 3 rings (SSSR count). The highest BCUT2D eigenvalue weighted by atomic mass is 35.5. The number of aryl methyl sites for hydroxylation is 2. The van der Waals surface area contributed by atoms with Gasteiger partial charge in [0.1, 0.15) is 10.7 Å². The molecule has 1 atom stereocenters. The fraction of sp³-hybridized carbons (Fsp3) is 0.444. The summed E-state index contributed by atoms with van der Waals surface area (Å²) in [7, 11) is 0. The molecule has 122 valence electrons. The lowest BCUT2D eigenvalue weighted by Gasteiger charge is -2.33. The first-order chi connectivity index (χ1) is 10.9. The van der Waals surface area contributed by atoms with Crippen LogP contribution in [0.1, 0.15) is 30.9 Å². The van der Waals surface area contributed by atoms with Crippen LogP contribution in [0.3, 0.4) is 0 Å². The molecule has 0 saturated carbocycles. The van der Waals surface area contributed by atoms with Gasteiger partial charge in [0.2, 0.25) is 0 Å². The topological polar surface area (TPSA) is 40.6 Å². The van der Waals surface area contributed by atoms with Crippen molar-refractivity contribution >= 4 is 29.1 Å². The van der Waals surface area contributed by atoms with Crippen molar-refractivity contribution in [3.63, 3.8) is 0 Å². The summed E-state index contributed by atoms with van der Waals surface area (Å²) in [6, 6.07) is 5.74. The SMILES string of the molecule is Cc1ccc(C)c(N2C(=O)C(Cl)=C(N3CCCC(C)C3)C2=O)c1. The van der Waals surface area contributed by atoms with E-state index in [2.05, 4.69) is 6.92 Å². The first kappa shape index (κ1) is 16.1. The van der Waals surface area contributed by atoms with Crippen LogP contribution in [-0.2, 0) is 9.59 Å². The monoisotopic (exact) mass is 332 g/mol. The van der Waals surface area contributed by atoms with E-state index in [1.54, 1.807) is 0 Å². The summed E-state index contributed by atoms with van der Waals surface area (Å²) in [5.41, 5.74) is 2.87. The lowest BCUT2D eigenvalue weighted by atomic mass is 10.00. The van der Waals surface area contributed by atoms with E-state index in [0.29, 0.717) is 17.3 Å². The summed E-state index contributed by atoms with van der Waals surface area (Å²) in [5.74, 6) is -0.222. The smallest absolute Gasteiger partial charge is 0.283 e. The van der Waals surface area contributed by atoms with Crippen molar-refractivity contribution in [2.24, 2.45) is 5.92 Å². The second kappa shape index (κ2) is 6.00. The highest BCUT2D eigenvalue weighted by molar-refractivity contribution is 6.52.